The Bertz CT molecular complexity index is 681. The molecule has 1 heterocycles. The van der Waals surface area contributed by atoms with Crippen molar-refractivity contribution in [3.8, 4) is 0 Å². The Kier molecular flexibility index (Phi) is 5.46. The third kappa shape index (κ3) is 4.51. The summed E-state index contributed by atoms with van der Waals surface area (Å²) in [6, 6.07) is 5.35. The highest BCUT2D eigenvalue weighted by molar-refractivity contribution is 7.22. The van der Waals surface area contributed by atoms with Crippen molar-refractivity contribution in [1.29, 1.82) is 0 Å². The molecule has 0 unspecified atom stereocenters. The number of nitrogens with one attached hydrogen (secondary N) is 2. The summed E-state index contributed by atoms with van der Waals surface area (Å²) < 4.78 is 0.879. The van der Waals surface area contributed by atoms with Gasteiger partial charge in [0.15, 0.2) is 5.13 Å². The molecule has 0 atom stereocenters. The van der Waals surface area contributed by atoms with Crippen molar-refractivity contribution in [3.63, 3.8) is 0 Å². The van der Waals surface area contributed by atoms with Crippen LogP contribution in [0.2, 0.25) is 0 Å². The molecule has 0 saturated carbocycles. The van der Waals surface area contributed by atoms with Crippen LogP contribution in [0.15, 0.2) is 18.2 Å². The molecule has 22 heavy (non-hydrogen) atoms. The highest BCUT2D eigenvalue weighted by Gasteiger charge is 2.10. The van der Waals surface area contributed by atoms with Crippen LogP contribution in [0, 0.1) is 0 Å². The van der Waals surface area contributed by atoms with Crippen molar-refractivity contribution in [3.05, 3.63) is 23.8 Å². The minimum Gasteiger partial charge on any atom is -0.352 e. The zero-order valence-electron chi connectivity index (χ0n) is 13.0. The first-order valence-corrected chi connectivity index (χ1v) is 7.88. The smallest absolute Gasteiger partial charge is 0.251 e. The maximum atomic E-state index is 12.1. The fourth-order valence-corrected chi connectivity index (χ4v) is 2.92. The van der Waals surface area contributed by atoms with Gasteiger partial charge < -0.3 is 15.5 Å². The van der Waals surface area contributed by atoms with Crippen LogP contribution in [0.4, 0.5) is 5.13 Å². The Hall–Kier alpha value is -1.99. The standard InChI is InChI=1S/C15H20N4O2S/c1-10(20)17-15-18-12-6-5-11(9-13(12)22-15)14(21)16-7-4-8-19(2)3/h5-6,9H,4,7-8H2,1-3H3,(H,16,21)(H,17,18,20). The van der Waals surface area contributed by atoms with Gasteiger partial charge in [-0.2, -0.15) is 0 Å². The number of hydrogen-bond acceptors (Lipinski definition) is 5. The predicted octanol–water partition coefficient (Wildman–Crippen LogP) is 1.94. The molecule has 2 amide bonds. The molecule has 2 rings (SSSR count). The lowest BCUT2D eigenvalue weighted by atomic mass is 10.2. The second kappa shape index (κ2) is 7.33. The van der Waals surface area contributed by atoms with E-state index in [9.17, 15) is 9.59 Å². The lowest BCUT2D eigenvalue weighted by Crippen LogP contribution is -2.27. The first-order chi connectivity index (χ1) is 10.5. The molecule has 2 aromatic rings. The summed E-state index contributed by atoms with van der Waals surface area (Å²) in [4.78, 5) is 29.5. The number of fused-ring (bicyclic) bond motifs is 1. The van der Waals surface area contributed by atoms with Crippen LogP contribution in [0.5, 0.6) is 0 Å². The molecule has 0 aliphatic heterocycles. The number of rotatable bonds is 6. The Morgan fingerprint density at radius 3 is 2.77 bits per heavy atom. The molecule has 1 aromatic carbocycles. The molecule has 0 aliphatic rings. The SMILES string of the molecule is CC(=O)Nc1nc2ccc(C(=O)NCCCN(C)C)cc2s1. The van der Waals surface area contributed by atoms with Crippen LogP contribution in [0.1, 0.15) is 23.7 Å². The maximum Gasteiger partial charge on any atom is 0.251 e. The van der Waals surface area contributed by atoms with Crippen LogP contribution < -0.4 is 10.6 Å². The summed E-state index contributed by atoms with van der Waals surface area (Å²) in [6.45, 7) is 3.03. The number of carbonyl (C=O) groups is 2. The first kappa shape index (κ1) is 16.4. The van der Waals surface area contributed by atoms with Crippen LogP contribution in [-0.4, -0.2) is 48.9 Å². The number of nitrogens with zero attached hydrogens (tertiary/aromatic N) is 2. The van der Waals surface area contributed by atoms with Gasteiger partial charge in [-0.3, -0.25) is 9.59 Å². The molecule has 2 N–H and O–H groups in total. The molecule has 0 aliphatic carbocycles. The molecule has 1 aromatic heterocycles. The predicted molar refractivity (Wildman–Crippen MR) is 89.4 cm³/mol. The lowest BCUT2D eigenvalue weighted by molar-refractivity contribution is -0.114. The van der Waals surface area contributed by atoms with E-state index in [2.05, 4.69) is 20.5 Å². The second-order valence-corrected chi connectivity index (χ2v) is 6.33. The summed E-state index contributed by atoms with van der Waals surface area (Å²) in [5.41, 5.74) is 1.38. The molecule has 0 fully saturated rings. The number of aromatic nitrogens is 1. The van der Waals surface area contributed by atoms with E-state index < -0.39 is 0 Å². The third-order valence-corrected chi connectivity index (χ3v) is 3.93. The number of anilines is 1. The molecule has 0 bridgehead atoms. The highest BCUT2D eigenvalue weighted by atomic mass is 32.1. The summed E-state index contributed by atoms with van der Waals surface area (Å²) in [6.07, 6.45) is 0.911. The molecule has 0 saturated heterocycles. The van der Waals surface area contributed by atoms with E-state index in [0.717, 1.165) is 23.2 Å². The van der Waals surface area contributed by atoms with E-state index in [1.807, 2.05) is 14.1 Å². The molecule has 7 heteroatoms. The fourth-order valence-electron chi connectivity index (χ4n) is 1.97. The number of carbonyl (C=O) groups excluding carboxylic acids is 2. The highest BCUT2D eigenvalue weighted by Crippen LogP contribution is 2.26. The van der Waals surface area contributed by atoms with Gasteiger partial charge in [-0.1, -0.05) is 11.3 Å². The molecule has 118 valence electrons. The summed E-state index contributed by atoms with van der Waals surface area (Å²) in [5.74, 6) is -0.243. The summed E-state index contributed by atoms with van der Waals surface area (Å²) in [7, 11) is 4.01. The van der Waals surface area contributed by atoms with Gasteiger partial charge in [0.1, 0.15) is 0 Å². The van der Waals surface area contributed by atoms with E-state index in [0.29, 0.717) is 17.2 Å². The fraction of sp³-hybridized carbons (Fsp3) is 0.400. The zero-order chi connectivity index (χ0) is 16.1. The minimum atomic E-state index is -0.155. The average molecular weight is 320 g/mol. The average Bonchev–Trinajstić information content (AvgIpc) is 2.83. The summed E-state index contributed by atoms with van der Waals surface area (Å²) in [5, 5.41) is 6.11. The van der Waals surface area contributed by atoms with Crippen molar-refractivity contribution in [1.82, 2.24) is 15.2 Å². The van der Waals surface area contributed by atoms with E-state index in [4.69, 9.17) is 0 Å². The Morgan fingerprint density at radius 1 is 1.32 bits per heavy atom. The normalized spacial score (nSPS) is 10.9. The van der Waals surface area contributed by atoms with Gasteiger partial charge in [0.25, 0.3) is 5.91 Å². The van der Waals surface area contributed by atoms with Gasteiger partial charge in [0, 0.05) is 19.0 Å². The molecule has 0 spiro atoms. The molecular weight excluding hydrogens is 300 g/mol. The Labute approximate surface area is 133 Å². The number of amides is 2. The van der Waals surface area contributed by atoms with Crippen molar-refractivity contribution in [2.75, 3.05) is 32.5 Å². The Balaban J connectivity index is 2.02. The number of hydrogen-bond donors (Lipinski definition) is 2. The molecule has 0 radical (unpaired) electrons. The minimum absolute atomic E-state index is 0.0878. The quantitative estimate of drug-likeness (QED) is 0.798. The van der Waals surface area contributed by atoms with Crippen LogP contribution in [0.25, 0.3) is 10.2 Å². The molecular formula is C15H20N4O2S. The topological polar surface area (TPSA) is 74.3 Å². The van der Waals surface area contributed by atoms with Crippen molar-refractivity contribution < 1.29 is 9.59 Å². The van der Waals surface area contributed by atoms with E-state index >= 15 is 0 Å². The number of benzene rings is 1. The third-order valence-electron chi connectivity index (χ3n) is 3.00. The zero-order valence-corrected chi connectivity index (χ0v) is 13.8. The van der Waals surface area contributed by atoms with Crippen LogP contribution in [-0.2, 0) is 4.79 Å². The van der Waals surface area contributed by atoms with E-state index in [-0.39, 0.29) is 11.8 Å². The van der Waals surface area contributed by atoms with Gasteiger partial charge in [-0.25, -0.2) is 4.98 Å². The maximum absolute atomic E-state index is 12.1. The van der Waals surface area contributed by atoms with Crippen LogP contribution in [0.3, 0.4) is 0 Å². The van der Waals surface area contributed by atoms with Crippen molar-refractivity contribution in [2.24, 2.45) is 0 Å². The number of thiazole rings is 1. The van der Waals surface area contributed by atoms with Gasteiger partial charge in [0.2, 0.25) is 5.91 Å². The van der Waals surface area contributed by atoms with Crippen molar-refractivity contribution >= 4 is 38.5 Å². The van der Waals surface area contributed by atoms with Crippen molar-refractivity contribution in [2.45, 2.75) is 13.3 Å². The van der Waals surface area contributed by atoms with Gasteiger partial charge >= 0.3 is 0 Å². The van der Waals surface area contributed by atoms with Gasteiger partial charge in [-0.15, -0.1) is 0 Å². The van der Waals surface area contributed by atoms with E-state index in [1.54, 1.807) is 18.2 Å². The monoisotopic (exact) mass is 320 g/mol. The largest absolute Gasteiger partial charge is 0.352 e. The van der Waals surface area contributed by atoms with Gasteiger partial charge in [0.05, 0.1) is 10.2 Å². The van der Waals surface area contributed by atoms with Crippen LogP contribution >= 0.6 is 11.3 Å². The second-order valence-electron chi connectivity index (χ2n) is 5.30. The molecule has 6 nitrogen and oxygen atoms in total. The van der Waals surface area contributed by atoms with Gasteiger partial charge in [-0.05, 0) is 45.3 Å². The lowest BCUT2D eigenvalue weighted by Gasteiger charge is -2.09. The first-order valence-electron chi connectivity index (χ1n) is 7.07. The van der Waals surface area contributed by atoms with E-state index in [1.165, 1.54) is 18.3 Å². The summed E-state index contributed by atoms with van der Waals surface area (Å²) >= 11 is 1.36. The Morgan fingerprint density at radius 2 is 2.09 bits per heavy atom.